The van der Waals surface area contributed by atoms with Crippen LogP contribution < -0.4 is 5.32 Å². The van der Waals surface area contributed by atoms with Crippen molar-refractivity contribution in [2.45, 2.75) is 288 Å². The zero-order valence-corrected chi connectivity index (χ0v) is 42.4. The summed E-state index contributed by atoms with van der Waals surface area (Å²) in [6.07, 6.45) is 38.3. The lowest BCUT2D eigenvalue weighted by Gasteiger charge is -2.41. The Balaban J connectivity index is 2.47. The molecule has 1 aliphatic heterocycles. The van der Waals surface area contributed by atoms with Crippen molar-refractivity contribution < 1.29 is 57.0 Å². The van der Waals surface area contributed by atoms with E-state index in [1.165, 1.54) is 148 Å². The lowest BCUT2D eigenvalue weighted by atomic mass is 9.99. The summed E-state index contributed by atoms with van der Waals surface area (Å²) < 4.78 is 47.6. The number of rotatable bonds is 46. The van der Waals surface area contributed by atoms with E-state index >= 15 is 0 Å². The first-order valence-electron chi connectivity index (χ1n) is 26.8. The fourth-order valence-electron chi connectivity index (χ4n) is 8.57. The normalized spacial score (nSPS) is 20.6. The number of carbonyl (C=O) groups excluding carboxylic acids is 1. The Morgan fingerprint density at radius 2 is 1.00 bits per heavy atom. The smallest absolute Gasteiger partial charge is 0.394 e. The second-order valence-electron chi connectivity index (χ2n) is 19.0. The van der Waals surface area contributed by atoms with E-state index in [1.54, 1.807) is 6.08 Å². The van der Waals surface area contributed by atoms with E-state index < -0.39 is 78.5 Å². The molecule has 1 fully saturated rings. The molecule has 13 nitrogen and oxygen atoms in total. The van der Waals surface area contributed by atoms with Crippen LogP contribution in [-0.4, -0.2) is 107 Å². The highest BCUT2D eigenvalue weighted by molar-refractivity contribution is 7.80. The van der Waals surface area contributed by atoms with Gasteiger partial charge in [0, 0.05) is 0 Å². The first-order valence-corrected chi connectivity index (χ1v) is 28.2. The molecule has 0 bridgehead atoms. The second kappa shape index (κ2) is 42.4. The zero-order valence-electron chi connectivity index (χ0n) is 41.6. The molecule has 0 aromatic carbocycles. The van der Waals surface area contributed by atoms with Crippen LogP contribution in [0.2, 0.25) is 0 Å². The van der Waals surface area contributed by atoms with Gasteiger partial charge in [-0.05, 0) is 44.9 Å². The SMILES string of the molecule is CCCCCCCCCCCCCC/C=C\CCCCCCCCC(O)C(=O)NC(COC1OC(CO)C(O)C(OS(=O)(=O)O)C1O)C(O)/C=C/CCCCCCCCCCCCCCC. The van der Waals surface area contributed by atoms with Crippen LogP contribution in [0.5, 0.6) is 0 Å². The maximum Gasteiger partial charge on any atom is 0.397 e. The van der Waals surface area contributed by atoms with Gasteiger partial charge >= 0.3 is 10.4 Å². The standard InChI is InChI=1S/C52H99NO12S/c1-3-5-7-9-11-13-15-17-19-20-21-22-23-24-25-27-29-31-33-35-37-39-41-46(56)51(59)53-44(43-63-52-49(58)50(65-66(60,61)62)48(57)47(42-54)64-52)45(55)40-38-36-34-32-30-28-26-18-16-14-12-10-8-6-4-2/h24-25,38,40,44-50,52,54-58H,3-23,26-37,39,41-43H2,1-2H3,(H,53,59)(H,60,61,62)/b25-24-,40-38+. The summed E-state index contributed by atoms with van der Waals surface area (Å²) in [7, 11) is -5.12. The van der Waals surface area contributed by atoms with Crippen LogP contribution >= 0.6 is 0 Å². The Morgan fingerprint density at radius 1 is 0.606 bits per heavy atom. The van der Waals surface area contributed by atoms with Crippen molar-refractivity contribution in [2.24, 2.45) is 0 Å². The van der Waals surface area contributed by atoms with E-state index in [9.17, 15) is 43.3 Å². The topological polar surface area (TPSA) is 212 Å². The van der Waals surface area contributed by atoms with E-state index in [0.29, 0.717) is 12.8 Å². The molecule has 0 radical (unpaired) electrons. The van der Waals surface area contributed by atoms with Gasteiger partial charge in [0.1, 0.15) is 30.5 Å². The third-order valence-corrected chi connectivity index (χ3v) is 13.3. The number of allylic oxidation sites excluding steroid dienone is 3. The quantitative estimate of drug-likeness (QED) is 0.0173. The highest BCUT2D eigenvalue weighted by Crippen LogP contribution is 2.26. The number of carbonyl (C=O) groups is 1. The van der Waals surface area contributed by atoms with Gasteiger partial charge in [0.05, 0.1) is 25.4 Å². The minimum Gasteiger partial charge on any atom is -0.394 e. The van der Waals surface area contributed by atoms with Gasteiger partial charge < -0.3 is 40.3 Å². The maximum atomic E-state index is 13.2. The molecular weight excluding hydrogens is 863 g/mol. The molecule has 1 aliphatic rings. The van der Waals surface area contributed by atoms with Gasteiger partial charge in [-0.25, -0.2) is 4.18 Å². The van der Waals surface area contributed by atoms with Crippen molar-refractivity contribution in [1.29, 1.82) is 0 Å². The Labute approximate surface area is 402 Å². The summed E-state index contributed by atoms with van der Waals surface area (Å²) in [6.45, 7) is 3.24. The molecule has 0 aromatic heterocycles. The Bertz CT molecular complexity index is 1290. The van der Waals surface area contributed by atoms with Gasteiger partial charge in [-0.3, -0.25) is 9.35 Å². The molecule has 1 amide bonds. The molecule has 8 atom stereocenters. The monoisotopic (exact) mass is 962 g/mol. The number of ether oxygens (including phenoxy) is 2. The van der Waals surface area contributed by atoms with Crippen LogP contribution in [0.25, 0.3) is 0 Å². The molecular formula is C52H99NO12S. The largest absolute Gasteiger partial charge is 0.397 e. The Kier molecular flexibility index (Phi) is 40.2. The van der Waals surface area contributed by atoms with Crippen molar-refractivity contribution in [2.75, 3.05) is 13.2 Å². The first-order chi connectivity index (χ1) is 31.9. The van der Waals surface area contributed by atoms with E-state index in [0.717, 1.165) is 57.8 Å². The fraction of sp³-hybridized carbons (Fsp3) is 0.904. The van der Waals surface area contributed by atoms with Gasteiger partial charge in [-0.1, -0.05) is 218 Å². The maximum absolute atomic E-state index is 13.2. The van der Waals surface area contributed by atoms with Gasteiger partial charge in [0.15, 0.2) is 6.29 Å². The molecule has 0 spiro atoms. The molecule has 66 heavy (non-hydrogen) atoms. The highest BCUT2D eigenvalue weighted by atomic mass is 32.3. The highest BCUT2D eigenvalue weighted by Gasteiger charge is 2.48. The zero-order chi connectivity index (χ0) is 48.5. The summed E-state index contributed by atoms with van der Waals surface area (Å²) in [6, 6.07) is -1.12. The molecule has 7 N–H and O–H groups in total. The van der Waals surface area contributed by atoms with Crippen molar-refractivity contribution in [3.63, 3.8) is 0 Å². The summed E-state index contributed by atoms with van der Waals surface area (Å²) >= 11 is 0. The molecule has 14 heteroatoms. The number of unbranched alkanes of at least 4 members (excludes halogenated alkanes) is 31. The number of hydrogen-bond acceptors (Lipinski definition) is 11. The van der Waals surface area contributed by atoms with Crippen molar-refractivity contribution in [1.82, 2.24) is 5.32 Å². The number of nitrogens with one attached hydrogen (secondary N) is 1. The molecule has 1 saturated heterocycles. The lowest BCUT2D eigenvalue weighted by molar-refractivity contribution is -0.298. The fourth-order valence-corrected chi connectivity index (χ4v) is 9.08. The minimum atomic E-state index is -5.12. The number of amides is 1. The third-order valence-electron chi connectivity index (χ3n) is 12.8. The summed E-state index contributed by atoms with van der Waals surface area (Å²) in [5.41, 5.74) is 0. The Hall–Kier alpha value is -1.46. The van der Waals surface area contributed by atoms with E-state index in [-0.39, 0.29) is 6.42 Å². The molecule has 1 heterocycles. The molecule has 1 rings (SSSR count). The molecule has 0 aliphatic carbocycles. The van der Waals surface area contributed by atoms with Crippen LogP contribution in [0, 0.1) is 0 Å². The average Bonchev–Trinajstić information content (AvgIpc) is 3.29. The van der Waals surface area contributed by atoms with E-state index in [4.69, 9.17) is 9.47 Å². The molecule has 0 aromatic rings. The van der Waals surface area contributed by atoms with Crippen LogP contribution in [-0.2, 0) is 28.9 Å². The van der Waals surface area contributed by atoms with Crippen molar-refractivity contribution >= 4 is 16.3 Å². The number of aliphatic hydroxyl groups is 5. The van der Waals surface area contributed by atoms with Crippen LogP contribution in [0.1, 0.15) is 239 Å². The van der Waals surface area contributed by atoms with E-state index in [1.807, 2.05) is 6.08 Å². The second-order valence-corrected chi connectivity index (χ2v) is 20.0. The molecule has 390 valence electrons. The summed E-state index contributed by atoms with van der Waals surface area (Å²) in [4.78, 5) is 13.2. The summed E-state index contributed by atoms with van der Waals surface area (Å²) in [5.74, 6) is -0.704. The molecule has 0 saturated carbocycles. The van der Waals surface area contributed by atoms with Crippen molar-refractivity contribution in [3.8, 4) is 0 Å². The van der Waals surface area contributed by atoms with Gasteiger partial charge in [0.25, 0.3) is 0 Å². The number of hydrogen-bond donors (Lipinski definition) is 7. The summed E-state index contributed by atoms with van der Waals surface area (Å²) in [5, 5.41) is 55.4. The van der Waals surface area contributed by atoms with E-state index in [2.05, 4.69) is 35.5 Å². The van der Waals surface area contributed by atoms with Gasteiger partial charge in [-0.2, -0.15) is 8.42 Å². The first kappa shape index (κ1) is 62.6. The van der Waals surface area contributed by atoms with Crippen LogP contribution in [0.15, 0.2) is 24.3 Å². The predicted molar refractivity (Wildman–Crippen MR) is 265 cm³/mol. The predicted octanol–water partition coefficient (Wildman–Crippen LogP) is 10.6. The Morgan fingerprint density at radius 3 is 1.41 bits per heavy atom. The third kappa shape index (κ3) is 33.9. The molecule has 8 unspecified atom stereocenters. The number of aliphatic hydroxyl groups excluding tert-OH is 5. The lowest BCUT2D eigenvalue weighted by Crippen LogP contribution is -2.61. The average molecular weight is 962 g/mol. The van der Waals surface area contributed by atoms with Gasteiger partial charge in [-0.15, -0.1) is 0 Å². The minimum absolute atomic E-state index is 0.238. The van der Waals surface area contributed by atoms with Crippen LogP contribution in [0.4, 0.5) is 0 Å². The van der Waals surface area contributed by atoms with Gasteiger partial charge in [0.2, 0.25) is 5.91 Å². The van der Waals surface area contributed by atoms with Crippen LogP contribution in [0.3, 0.4) is 0 Å². The van der Waals surface area contributed by atoms with Crippen molar-refractivity contribution in [3.05, 3.63) is 24.3 Å².